The maximum Gasteiger partial charge on any atom is 0.0540 e. The lowest BCUT2D eigenvalue weighted by molar-refractivity contribution is 0.445. The number of anilines is 3. The van der Waals surface area contributed by atoms with Crippen LogP contribution in [0.1, 0.15) is 69.9 Å². The Balaban J connectivity index is 1.20. The zero-order chi connectivity index (χ0) is 38.8. The lowest BCUT2D eigenvalue weighted by Crippen LogP contribution is -2.13. The fourth-order valence-corrected chi connectivity index (χ4v) is 9.00. The summed E-state index contributed by atoms with van der Waals surface area (Å²) in [4.78, 5) is 2.49. The minimum atomic E-state index is 0.0849. The van der Waals surface area contributed by atoms with E-state index < -0.39 is 0 Å². The van der Waals surface area contributed by atoms with E-state index in [2.05, 4.69) is 214 Å². The van der Waals surface area contributed by atoms with Gasteiger partial charge in [-0.05, 0) is 104 Å². The third kappa shape index (κ3) is 7.43. The fraction of sp³-hybridized carbons (Fsp3) is 0.179. The van der Waals surface area contributed by atoms with Gasteiger partial charge in [0.05, 0.1) is 11.4 Å². The summed E-state index contributed by atoms with van der Waals surface area (Å²) in [6, 6.07) is 69.7. The standard InChI is InChI=1S/C56H51N/c1-56(2,3)47-36-32-45(33-37-47)49-22-10-12-26-53(49)57(48-38-34-43(35-39-48)42-30-28-41(29-31-42)40-16-6-4-7-17-40)54-27-13-11-23-51(54)52-25-15-21-46-20-14-24-50(55(46)52)44-18-8-5-9-19-44/h4,6-7,10-17,20-39,44H,5,8-9,18-19H2,1-3H3. The van der Waals surface area contributed by atoms with E-state index in [0.29, 0.717) is 5.92 Å². The minimum absolute atomic E-state index is 0.0849. The maximum atomic E-state index is 2.49. The van der Waals surface area contributed by atoms with Crippen molar-refractivity contribution >= 4 is 27.8 Å². The highest BCUT2D eigenvalue weighted by molar-refractivity contribution is 6.04. The van der Waals surface area contributed by atoms with Crippen LogP contribution in [0.3, 0.4) is 0 Å². The van der Waals surface area contributed by atoms with Crippen molar-refractivity contribution < 1.29 is 0 Å². The average Bonchev–Trinajstić information content (AvgIpc) is 3.27. The van der Waals surface area contributed by atoms with Crippen molar-refractivity contribution in [1.82, 2.24) is 0 Å². The number of para-hydroxylation sites is 2. The van der Waals surface area contributed by atoms with Gasteiger partial charge in [-0.1, -0.05) is 204 Å². The molecule has 0 saturated heterocycles. The highest BCUT2D eigenvalue weighted by atomic mass is 15.1. The Morgan fingerprint density at radius 1 is 0.404 bits per heavy atom. The van der Waals surface area contributed by atoms with Gasteiger partial charge in [-0.2, -0.15) is 0 Å². The molecule has 0 aromatic heterocycles. The van der Waals surface area contributed by atoms with E-state index in [1.807, 2.05) is 0 Å². The molecule has 1 saturated carbocycles. The van der Waals surface area contributed by atoms with Gasteiger partial charge in [-0.3, -0.25) is 0 Å². The number of benzene rings is 8. The molecule has 1 aliphatic rings. The van der Waals surface area contributed by atoms with Crippen molar-refractivity contribution in [2.24, 2.45) is 0 Å². The molecular weight excluding hydrogens is 687 g/mol. The van der Waals surface area contributed by atoms with Crippen LogP contribution >= 0.6 is 0 Å². The lowest BCUT2D eigenvalue weighted by Gasteiger charge is -2.31. The SMILES string of the molecule is CC(C)(C)c1ccc(-c2ccccc2N(c2ccc(-c3ccc(-c4ccccc4)cc3)cc2)c2ccccc2-c2cccc3cccc(C4CCCCC4)c23)cc1. The van der Waals surface area contributed by atoms with E-state index in [0.717, 1.165) is 11.4 Å². The van der Waals surface area contributed by atoms with Gasteiger partial charge in [-0.15, -0.1) is 0 Å². The van der Waals surface area contributed by atoms with Crippen LogP contribution in [0.25, 0.3) is 55.3 Å². The van der Waals surface area contributed by atoms with E-state index in [1.165, 1.54) is 104 Å². The summed E-state index contributed by atoms with van der Waals surface area (Å²) < 4.78 is 0. The summed E-state index contributed by atoms with van der Waals surface area (Å²) >= 11 is 0. The van der Waals surface area contributed by atoms with Crippen molar-refractivity contribution in [2.45, 2.75) is 64.2 Å². The molecule has 0 radical (unpaired) electrons. The molecule has 57 heavy (non-hydrogen) atoms. The topological polar surface area (TPSA) is 3.24 Å². The quantitative estimate of drug-likeness (QED) is 0.150. The van der Waals surface area contributed by atoms with Crippen molar-refractivity contribution in [3.8, 4) is 44.5 Å². The summed E-state index contributed by atoms with van der Waals surface area (Å²) in [7, 11) is 0. The monoisotopic (exact) mass is 737 g/mol. The van der Waals surface area contributed by atoms with Crippen LogP contribution in [0.2, 0.25) is 0 Å². The van der Waals surface area contributed by atoms with Crippen molar-refractivity contribution in [1.29, 1.82) is 0 Å². The summed E-state index contributed by atoms with van der Waals surface area (Å²) in [5, 5.41) is 2.72. The molecule has 0 spiro atoms. The summed E-state index contributed by atoms with van der Waals surface area (Å²) in [6.07, 6.45) is 6.51. The number of fused-ring (bicyclic) bond motifs is 1. The summed E-state index contributed by atoms with van der Waals surface area (Å²) in [6.45, 7) is 6.84. The molecule has 0 amide bonds. The Hall–Kier alpha value is -6.18. The summed E-state index contributed by atoms with van der Waals surface area (Å²) in [5.41, 5.74) is 16.2. The van der Waals surface area contributed by atoms with E-state index in [-0.39, 0.29) is 5.41 Å². The zero-order valence-electron chi connectivity index (χ0n) is 33.5. The van der Waals surface area contributed by atoms with Crippen LogP contribution in [0.15, 0.2) is 188 Å². The van der Waals surface area contributed by atoms with Crippen molar-refractivity contribution in [3.63, 3.8) is 0 Å². The first-order valence-electron chi connectivity index (χ1n) is 20.8. The van der Waals surface area contributed by atoms with Crippen LogP contribution in [0.5, 0.6) is 0 Å². The molecular formula is C56H51N. The van der Waals surface area contributed by atoms with Crippen LogP contribution < -0.4 is 4.90 Å². The first-order valence-corrected chi connectivity index (χ1v) is 20.8. The molecule has 1 fully saturated rings. The molecule has 0 heterocycles. The number of nitrogens with zero attached hydrogens (tertiary/aromatic N) is 1. The van der Waals surface area contributed by atoms with Gasteiger partial charge in [0.1, 0.15) is 0 Å². The predicted octanol–water partition coefficient (Wildman–Crippen LogP) is 16.3. The smallest absolute Gasteiger partial charge is 0.0540 e. The molecule has 1 nitrogen and oxygen atoms in total. The third-order valence-corrected chi connectivity index (χ3v) is 12.1. The van der Waals surface area contributed by atoms with Crippen LogP contribution in [-0.2, 0) is 5.41 Å². The zero-order valence-corrected chi connectivity index (χ0v) is 33.5. The first kappa shape index (κ1) is 36.5. The van der Waals surface area contributed by atoms with Gasteiger partial charge in [0.2, 0.25) is 0 Å². The Morgan fingerprint density at radius 3 is 1.53 bits per heavy atom. The molecule has 0 aliphatic heterocycles. The average molecular weight is 738 g/mol. The van der Waals surface area contributed by atoms with Crippen molar-refractivity contribution in [2.75, 3.05) is 4.90 Å². The first-order chi connectivity index (χ1) is 27.9. The Bertz CT molecular complexity index is 2600. The fourth-order valence-electron chi connectivity index (χ4n) is 9.00. The second-order valence-corrected chi connectivity index (χ2v) is 16.8. The number of hydrogen-bond acceptors (Lipinski definition) is 1. The molecule has 0 atom stereocenters. The van der Waals surface area contributed by atoms with Gasteiger partial charge in [0, 0.05) is 16.8 Å². The van der Waals surface area contributed by atoms with Crippen LogP contribution in [-0.4, -0.2) is 0 Å². The molecule has 0 bridgehead atoms. The van der Waals surface area contributed by atoms with Gasteiger partial charge in [0.25, 0.3) is 0 Å². The largest absolute Gasteiger partial charge is 0.309 e. The Kier molecular flexibility index (Phi) is 10.1. The van der Waals surface area contributed by atoms with Gasteiger partial charge >= 0.3 is 0 Å². The van der Waals surface area contributed by atoms with E-state index in [4.69, 9.17) is 0 Å². The molecule has 0 unspecified atom stereocenters. The minimum Gasteiger partial charge on any atom is -0.309 e. The van der Waals surface area contributed by atoms with E-state index in [9.17, 15) is 0 Å². The Morgan fingerprint density at radius 2 is 0.895 bits per heavy atom. The highest BCUT2D eigenvalue weighted by Gasteiger charge is 2.24. The highest BCUT2D eigenvalue weighted by Crippen LogP contribution is 2.48. The van der Waals surface area contributed by atoms with Crippen molar-refractivity contribution in [3.05, 3.63) is 199 Å². The van der Waals surface area contributed by atoms with Gasteiger partial charge in [-0.25, -0.2) is 0 Å². The molecule has 0 N–H and O–H groups in total. The predicted molar refractivity (Wildman–Crippen MR) is 245 cm³/mol. The van der Waals surface area contributed by atoms with Gasteiger partial charge in [0.15, 0.2) is 0 Å². The Labute approximate surface area is 339 Å². The molecule has 280 valence electrons. The van der Waals surface area contributed by atoms with E-state index in [1.54, 1.807) is 0 Å². The second kappa shape index (κ2) is 15.8. The lowest BCUT2D eigenvalue weighted by atomic mass is 9.80. The van der Waals surface area contributed by atoms with E-state index >= 15 is 0 Å². The number of hydrogen-bond donors (Lipinski definition) is 0. The van der Waals surface area contributed by atoms with Crippen LogP contribution in [0, 0.1) is 0 Å². The number of rotatable bonds is 8. The van der Waals surface area contributed by atoms with Crippen LogP contribution in [0.4, 0.5) is 17.1 Å². The maximum absolute atomic E-state index is 2.49. The normalized spacial score (nSPS) is 13.5. The molecule has 9 rings (SSSR count). The third-order valence-electron chi connectivity index (χ3n) is 12.1. The molecule has 1 heteroatoms. The second-order valence-electron chi connectivity index (χ2n) is 16.8. The molecule has 8 aromatic carbocycles. The van der Waals surface area contributed by atoms with Gasteiger partial charge < -0.3 is 4.90 Å². The molecule has 1 aliphatic carbocycles. The molecule has 8 aromatic rings. The summed E-state index contributed by atoms with van der Waals surface area (Å²) in [5.74, 6) is 0.595.